The zero-order valence-corrected chi connectivity index (χ0v) is 16.9. The Balaban J connectivity index is 1.41. The first-order chi connectivity index (χ1) is 14.9. The number of nitrogens with one attached hydrogen (secondary N) is 1. The van der Waals surface area contributed by atoms with Gasteiger partial charge in [0.15, 0.2) is 11.5 Å². The van der Waals surface area contributed by atoms with Crippen LogP contribution in [0.4, 0.5) is 0 Å². The average Bonchev–Trinajstić information content (AvgIpc) is 3.36. The molecule has 2 atom stereocenters. The summed E-state index contributed by atoms with van der Waals surface area (Å²) in [7, 11) is 0. The van der Waals surface area contributed by atoms with Gasteiger partial charge in [0, 0.05) is 24.6 Å². The molecule has 0 aliphatic heterocycles. The standard InChI is InChI=1S/C23H25N7/c1-2-7-17(18-8-3-4-9-19(18)21-26-28-29-27-21)16(6-1)14-30-20-10-5-13-24-22(20)25-23(30)15-11-12-15/h1-2,5-7,10,13,15,18-19H,3-4,8-9,11-12,14H2,(H,26,27,28,29)/t18-,19+/m0/s1. The number of benzene rings is 1. The van der Waals surface area contributed by atoms with Gasteiger partial charge < -0.3 is 4.57 Å². The Morgan fingerprint density at radius 1 is 0.967 bits per heavy atom. The number of tetrazole rings is 1. The molecule has 2 fully saturated rings. The molecular weight excluding hydrogens is 374 g/mol. The van der Waals surface area contributed by atoms with Gasteiger partial charge >= 0.3 is 0 Å². The Kier molecular flexibility index (Phi) is 4.32. The fourth-order valence-electron chi connectivity index (χ4n) is 5.15. The van der Waals surface area contributed by atoms with Crippen molar-refractivity contribution in [3.63, 3.8) is 0 Å². The number of hydrogen-bond acceptors (Lipinski definition) is 5. The Morgan fingerprint density at radius 3 is 2.67 bits per heavy atom. The van der Waals surface area contributed by atoms with Crippen molar-refractivity contribution in [2.75, 3.05) is 0 Å². The van der Waals surface area contributed by atoms with Gasteiger partial charge in [-0.05, 0) is 54.9 Å². The first-order valence-corrected chi connectivity index (χ1v) is 11.0. The number of fused-ring (bicyclic) bond motifs is 1. The van der Waals surface area contributed by atoms with Crippen LogP contribution in [0.15, 0.2) is 42.6 Å². The van der Waals surface area contributed by atoms with E-state index in [1.807, 2.05) is 12.3 Å². The van der Waals surface area contributed by atoms with E-state index in [4.69, 9.17) is 4.98 Å². The lowest BCUT2D eigenvalue weighted by Crippen LogP contribution is -2.19. The molecule has 0 amide bonds. The molecule has 2 saturated carbocycles. The summed E-state index contributed by atoms with van der Waals surface area (Å²) in [5.74, 6) is 3.36. The zero-order chi connectivity index (χ0) is 19.9. The van der Waals surface area contributed by atoms with Gasteiger partial charge in [-0.2, -0.15) is 5.21 Å². The zero-order valence-electron chi connectivity index (χ0n) is 16.9. The molecule has 6 rings (SSSR count). The number of pyridine rings is 1. The molecule has 0 bridgehead atoms. The molecule has 2 aliphatic rings. The number of H-pyrrole nitrogens is 1. The largest absolute Gasteiger partial charge is 0.322 e. The van der Waals surface area contributed by atoms with Gasteiger partial charge in [0.05, 0.1) is 5.52 Å². The van der Waals surface area contributed by atoms with E-state index in [2.05, 4.69) is 60.5 Å². The van der Waals surface area contributed by atoms with Crippen LogP contribution in [0.5, 0.6) is 0 Å². The number of aromatic nitrogens is 7. The molecule has 0 radical (unpaired) electrons. The third-order valence-electron chi connectivity index (χ3n) is 6.74. The molecule has 7 heteroatoms. The first-order valence-electron chi connectivity index (χ1n) is 11.0. The Morgan fingerprint density at radius 2 is 1.83 bits per heavy atom. The highest BCUT2D eigenvalue weighted by Gasteiger charge is 2.33. The minimum atomic E-state index is 0.322. The van der Waals surface area contributed by atoms with Crippen molar-refractivity contribution in [3.05, 3.63) is 65.4 Å². The number of rotatable bonds is 5. The van der Waals surface area contributed by atoms with Gasteiger partial charge in [-0.15, -0.1) is 10.2 Å². The molecular formula is C23H25N7. The van der Waals surface area contributed by atoms with E-state index in [9.17, 15) is 0 Å². The second kappa shape index (κ2) is 7.31. The molecule has 2 aliphatic carbocycles. The molecule has 0 saturated heterocycles. The van der Waals surface area contributed by atoms with Crippen LogP contribution in [0.25, 0.3) is 11.2 Å². The van der Waals surface area contributed by atoms with Crippen LogP contribution in [-0.4, -0.2) is 35.2 Å². The summed E-state index contributed by atoms with van der Waals surface area (Å²) in [6, 6.07) is 13.0. The lowest BCUT2D eigenvalue weighted by atomic mass is 9.74. The van der Waals surface area contributed by atoms with Crippen molar-refractivity contribution in [2.24, 2.45) is 0 Å². The van der Waals surface area contributed by atoms with E-state index < -0.39 is 0 Å². The summed E-state index contributed by atoms with van der Waals surface area (Å²) in [5.41, 5.74) is 4.77. The highest BCUT2D eigenvalue weighted by atomic mass is 15.5. The van der Waals surface area contributed by atoms with Crippen LogP contribution in [0.1, 0.15) is 79.1 Å². The smallest absolute Gasteiger partial charge is 0.178 e. The van der Waals surface area contributed by atoms with Gasteiger partial charge in [-0.25, -0.2) is 9.97 Å². The van der Waals surface area contributed by atoms with E-state index in [-0.39, 0.29) is 0 Å². The van der Waals surface area contributed by atoms with Crippen LogP contribution in [-0.2, 0) is 6.54 Å². The second-order valence-corrected chi connectivity index (χ2v) is 8.64. The predicted octanol–water partition coefficient (Wildman–Crippen LogP) is 4.31. The molecule has 0 spiro atoms. The molecule has 30 heavy (non-hydrogen) atoms. The number of nitrogens with zero attached hydrogens (tertiary/aromatic N) is 6. The lowest BCUT2D eigenvalue weighted by Gasteiger charge is -2.31. The summed E-state index contributed by atoms with van der Waals surface area (Å²) in [6.07, 6.45) is 9.05. The van der Waals surface area contributed by atoms with Gasteiger partial charge in [-0.3, -0.25) is 0 Å². The maximum atomic E-state index is 4.89. The van der Waals surface area contributed by atoms with Crippen molar-refractivity contribution in [3.8, 4) is 0 Å². The monoisotopic (exact) mass is 399 g/mol. The fourth-order valence-corrected chi connectivity index (χ4v) is 5.15. The summed E-state index contributed by atoms with van der Waals surface area (Å²) < 4.78 is 2.39. The normalized spacial score (nSPS) is 21.9. The summed E-state index contributed by atoms with van der Waals surface area (Å²) >= 11 is 0. The van der Waals surface area contributed by atoms with Crippen LogP contribution >= 0.6 is 0 Å². The number of hydrogen-bond donors (Lipinski definition) is 1. The minimum Gasteiger partial charge on any atom is -0.322 e. The van der Waals surface area contributed by atoms with Gasteiger partial charge in [0.2, 0.25) is 0 Å². The molecule has 3 aromatic heterocycles. The Bertz CT molecular complexity index is 1160. The topological polar surface area (TPSA) is 85.2 Å². The van der Waals surface area contributed by atoms with Crippen molar-refractivity contribution >= 4 is 11.2 Å². The quantitative estimate of drug-likeness (QED) is 0.540. The van der Waals surface area contributed by atoms with Gasteiger partial charge in [0.25, 0.3) is 0 Å². The van der Waals surface area contributed by atoms with Crippen molar-refractivity contribution in [1.29, 1.82) is 0 Å². The van der Waals surface area contributed by atoms with Crippen molar-refractivity contribution < 1.29 is 0 Å². The fraction of sp³-hybridized carbons (Fsp3) is 0.435. The molecule has 3 heterocycles. The summed E-state index contributed by atoms with van der Waals surface area (Å²) in [6.45, 7) is 0.833. The van der Waals surface area contributed by atoms with E-state index in [0.29, 0.717) is 17.8 Å². The van der Waals surface area contributed by atoms with Gasteiger partial charge in [0.1, 0.15) is 5.82 Å². The van der Waals surface area contributed by atoms with Crippen molar-refractivity contribution in [2.45, 2.75) is 62.8 Å². The first kappa shape index (κ1) is 17.7. The maximum Gasteiger partial charge on any atom is 0.178 e. The molecule has 0 unspecified atom stereocenters. The molecule has 152 valence electrons. The Hall–Kier alpha value is -3.09. The summed E-state index contributed by atoms with van der Waals surface area (Å²) in [4.78, 5) is 9.40. The van der Waals surface area contributed by atoms with Crippen LogP contribution in [0.3, 0.4) is 0 Å². The summed E-state index contributed by atoms with van der Waals surface area (Å²) in [5, 5.41) is 15.1. The second-order valence-electron chi connectivity index (χ2n) is 8.64. The third kappa shape index (κ3) is 3.09. The predicted molar refractivity (Wildman–Crippen MR) is 113 cm³/mol. The van der Waals surface area contributed by atoms with Crippen LogP contribution < -0.4 is 0 Å². The maximum absolute atomic E-state index is 4.89. The highest BCUT2D eigenvalue weighted by Crippen LogP contribution is 2.45. The molecule has 4 aromatic rings. The van der Waals surface area contributed by atoms with E-state index in [1.165, 1.54) is 42.6 Å². The van der Waals surface area contributed by atoms with E-state index >= 15 is 0 Å². The van der Waals surface area contributed by atoms with Gasteiger partial charge in [-0.1, -0.05) is 42.3 Å². The lowest BCUT2D eigenvalue weighted by molar-refractivity contribution is 0.372. The van der Waals surface area contributed by atoms with Crippen LogP contribution in [0.2, 0.25) is 0 Å². The van der Waals surface area contributed by atoms with E-state index in [0.717, 1.165) is 36.4 Å². The Labute approximate surface area is 174 Å². The average molecular weight is 400 g/mol. The SMILES string of the molecule is c1ccc([C@@H]2CCCC[C@H]2c2nn[nH]n2)c(Cn2c(C3CC3)nc3ncccc32)c1. The minimum absolute atomic E-state index is 0.322. The van der Waals surface area contributed by atoms with E-state index in [1.54, 1.807) is 0 Å². The molecule has 1 N–H and O–H groups in total. The van der Waals surface area contributed by atoms with Crippen molar-refractivity contribution in [1.82, 2.24) is 35.2 Å². The number of aromatic amines is 1. The molecule has 1 aromatic carbocycles. The van der Waals surface area contributed by atoms with Crippen LogP contribution in [0, 0.1) is 0 Å². The number of imidazole rings is 1. The highest BCUT2D eigenvalue weighted by molar-refractivity contribution is 5.71. The molecule has 7 nitrogen and oxygen atoms in total. The third-order valence-corrected chi connectivity index (χ3v) is 6.74.